The molecular weight excluding hydrogens is 264 g/mol. The van der Waals surface area contributed by atoms with E-state index in [2.05, 4.69) is 22.4 Å². The Labute approximate surface area is 96.2 Å². The van der Waals surface area contributed by atoms with E-state index in [4.69, 9.17) is 0 Å². The number of halogens is 3. The van der Waals surface area contributed by atoms with Crippen LogP contribution in [0.5, 0.6) is 0 Å². The van der Waals surface area contributed by atoms with E-state index < -0.39 is 11.6 Å². The molecule has 0 spiro atoms. The van der Waals surface area contributed by atoms with E-state index in [1.165, 1.54) is 12.1 Å². The third-order valence-corrected chi connectivity index (χ3v) is 2.96. The zero-order valence-corrected chi connectivity index (χ0v) is 9.73. The smallest absolute Gasteiger partial charge is 0.150 e. The topological polar surface area (TPSA) is 3.24 Å². The maximum atomic E-state index is 13.6. The summed E-state index contributed by atoms with van der Waals surface area (Å²) in [7, 11) is 0. The van der Waals surface area contributed by atoms with Gasteiger partial charge in [-0.1, -0.05) is 15.9 Å². The van der Waals surface area contributed by atoms with Crippen LogP contribution >= 0.6 is 15.9 Å². The molecule has 4 heteroatoms. The van der Waals surface area contributed by atoms with Crippen molar-refractivity contribution in [2.24, 2.45) is 0 Å². The summed E-state index contributed by atoms with van der Waals surface area (Å²) in [6, 6.07) is 2.60. The number of nitrogens with zero attached hydrogens (tertiary/aromatic N) is 1. The van der Waals surface area contributed by atoms with E-state index >= 15 is 0 Å². The molecule has 81 valence electrons. The van der Waals surface area contributed by atoms with Crippen molar-refractivity contribution in [2.45, 2.75) is 12.8 Å². The summed E-state index contributed by atoms with van der Waals surface area (Å²) < 4.78 is 27.6. The molecule has 0 saturated carbocycles. The van der Waals surface area contributed by atoms with Gasteiger partial charge in [0.2, 0.25) is 0 Å². The fraction of sp³-hybridized carbons (Fsp3) is 0.364. The molecule has 2 rings (SSSR count). The lowest BCUT2D eigenvalue weighted by molar-refractivity contribution is 0.558. The largest absolute Gasteiger partial charge is 0.367 e. The minimum absolute atomic E-state index is 0.103. The minimum Gasteiger partial charge on any atom is -0.367 e. The van der Waals surface area contributed by atoms with Crippen molar-refractivity contribution in [2.75, 3.05) is 18.0 Å². The molecule has 0 N–H and O–H groups in total. The lowest BCUT2D eigenvalue weighted by Crippen LogP contribution is -2.31. The Morgan fingerprint density at radius 2 is 1.60 bits per heavy atom. The summed E-state index contributed by atoms with van der Waals surface area (Å²) in [6.45, 7) is 1.38. The second kappa shape index (κ2) is 4.47. The van der Waals surface area contributed by atoms with Gasteiger partial charge >= 0.3 is 0 Å². The third kappa shape index (κ3) is 2.30. The Bertz CT molecular complexity index is 339. The van der Waals surface area contributed by atoms with Gasteiger partial charge in [-0.25, -0.2) is 8.78 Å². The molecule has 0 aromatic heterocycles. The van der Waals surface area contributed by atoms with Crippen molar-refractivity contribution < 1.29 is 8.78 Å². The molecule has 1 aromatic carbocycles. The maximum absolute atomic E-state index is 13.6. The Balaban J connectivity index is 2.33. The normalized spacial score (nSPS) is 16.9. The fourth-order valence-electron chi connectivity index (χ4n) is 1.81. The highest BCUT2D eigenvalue weighted by Crippen LogP contribution is 2.29. The van der Waals surface area contributed by atoms with Gasteiger partial charge in [-0.05, 0) is 31.4 Å². The Morgan fingerprint density at radius 3 is 2.13 bits per heavy atom. The predicted molar refractivity (Wildman–Crippen MR) is 59.8 cm³/mol. The molecule has 1 radical (unpaired) electrons. The first-order valence-corrected chi connectivity index (χ1v) is 5.69. The highest BCUT2D eigenvalue weighted by Gasteiger charge is 2.19. The molecule has 1 saturated heterocycles. The Hall–Kier alpha value is -0.640. The van der Waals surface area contributed by atoms with Gasteiger partial charge in [0.15, 0.2) is 11.6 Å². The lowest BCUT2D eigenvalue weighted by atomic mass is 10.1. The molecule has 15 heavy (non-hydrogen) atoms. The van der Waals surface area contributed by atoms with Crippen LogP contribution in [-0.2, 0) is 0 Å². The van der Waals surface area contributed by atoms with Crippen LogP contribution in [0.4, 0.5) is 14.5 Å². The van der Waals surface area contributed by atoms with Crippen LogP contribution in [0.25, 0.3) is 0 Å². The summed E-state index contributed by atoms with van der Waals surface area (Å²) in [5, 5.41) is 0. The molecule has 0 bridgehead atoms. The van der Waals surface area contributed by atoms with Gasteiger partial charge in [0.1, 0.15) is 5.69 Å². The molecule has 1 fully saturated rings. The van der Waals surface area contributed by atoms with Crippen molar-refractivity contribution in [3.8, 4) is 0 Å². The number of rotatable bonds is 1. The van der Waals surface area contributed by atoms with Gasteiger partial charge in [-0.15, -0.1) is 0 Å². The van der Waals surface area contributed by atoms with Crippen molar-refractivity contribution in [3.05, 3.63) is 34.7 Å². The summed E-state index contributed by atoms with van der Waals surface area (Å²) in [6.07, 6.45) is 3.91. The van der Waals surface area contributed by atoms with Crippen LogP contribution < -0.4 is 4.90 Å². The lowest BCUT2D eigenvalue weighted by Gasteiger charge is -2.29. The molecule has 1 nitrogen and oxygen atoms in total. The molecule has 1 heterocycles. The second-order valence-electron chi connectivity index (χ2n) is 3.57. The average molecular weight is 275 g/mol. The highest BCUT2D eigenvalue weighted by atomic mass is 79.9. The van der Waals surface area contributed by atoms with Gasteiger partial charge in [0, 0.05) is 17.6 Å². The van der Waals surface area contributed by atoms with Crippen molar-refractivity contribution >= 4 is 21.6 Å². The first-order valence-electron chi connectivity index (χ1n) is 4.89. The minimum atomic E-state index is -0.497. The average Bonchev–Trinajstić information content (AvgIpc) is 2.17. The third-order valence-electron chi connectivity index (χ3n) is 2.50. The zero-order chi connectivity index (χ0) is 10.8. The van der Waals surface area contributed by atoms with Gasteiger partial charge in [0.25, 0.3) is 0 Å². The molecular formula is C11H11BrF2N. The van der Waals surface area contributed by atoms with Crippen LogP contribution in [0.15, 0.2) is 16.6 Å². The number of hydrogen-bond acceptors (Lipinski definition) is 1. The number of piperidine rings is 1. The molecule has 1 aromatic rings. The summed E-state index contributed by atoms with van der Waals surface area (Å²) in [5.74, 6) is -0.993. The summed E-state index contributed by atoms with van der Waals surface area (Å²) in [5.41, 5.74) is 0.103. The predicted octanol–water partition coefficient (Wildman–Crippen LogP) is 3.53. The molecule has 0 unspecified atom stereocenters. The molecule has 0 aliphatic carbocycles. The van der Waals surface area contributed by atoms with Gasteiger partial charge in [-0.3, -0.25) is 0 Å². The van der Waals surface area contributed by atoms with Crippen molar-refractivity contribution in [1.82, 2.24) is 0 Å². The highest BCUT2D eigenvalue weighted by molar-refractivity contribution is 9.10. The summed E-state index contributed by atoms with van der Waals surface area (Å²) in [4.78, 5) is 1.76. The van der Waals surface area contributed by atoms with E-state index in [9.17, 15) is 8.78 Å². The van der Waals surface area contributed by atoms with Crippen LogP contribution in [-0.4, -0.2) is 13.1 Å². The van der Waals surface area contributed by atoms with E-state index in [-0.39, 0.29) is 5.69 Å². The van der Waals surface area contributed by atoms with E-state index in [1.807, 2.05) is 0 Å². The standard InChI is InChI=1S/C11H11BrF2N/c12-8-6-9(13)11(10(14)7-8)15-4-2-1-3-5-15/h1,6-7H,2-5H2. The molecule has 0 amide bonds. The monoisotopic (exact) mass is 274 g/mol. The molecule has 1 aliphatic rings. The number of hydrogen-bond donors (Lipinski definition) is 0. The van der Waals surface area contributed by atoms with Crippen molar-refractivity contribution in [3.63, 3.8) is 0 Å². The van der Waals surface area contributed by atoms with Crippen LogP contribution in [0, 0.1) is 18.1 Å². The van der Waals surface area contributed by atoms with Gasteiger partial charge < -0.3 is 4.90 Å². The van der Waals surface area contributed by atoms with Crippen LogP contribution in [0.1, 0.15) is 12.8 Å². The van der Waals surface area contributed by atoms with E-state index in [0.717, 1.165) is 12.8 Å². The van der Waals surface area contributed by atoms with E-state index in [1.54, 1.807) is 4.90 Å². The van der Waals surface area contributed by atoms with Crippen LogP contribution in [0.2, 0.25) is 0 Å². The SMILES string of the molecule is Fc1cc(Br)cc(F)c1N1CC[CH]CC1. The van der Waals surface area contributed by atoms with Crippen LogP contribution in [0.3, 0.4) is 0 Å². The molecule has 0 atom stereocenters. The van der Waals surface area contributed by atoms with Gasteiger partial charge in [0.05, 0.1) is 0 Å². The molecule has 1 aliphatic heterocycles. The quantitative estimate of drug-likeness (QED) is 0.757. The Kier molecular flexibility index (Phi) is 3.24. The first-order chi connectivity index (χ1) is 7.18. The van der Waals surface area contributed by atoms with E-state index in [0.29, 0.717) is 17.6 Å². The second-order valence-corrected chi connectivity index (χ2v) is 4.49. The number of benzene rings is 1. The van der Waals surface area contributed by atoms with Crippen molar-refractivity contribution in [1.29, 1.82) is 0 Å². The maximum Gasteiger partial charge on any atom is 0.150 e. The van der Waals surface area contributed by atoms with Gasteiger partial charge in [-0.2, -0.15) is 0 Å². The Morgan fingerprint density at radius 1 is 1.07 bits per heavy atom. The fourth-order valence-corrected chi connectivity index (χ4v) is 2.21. The summed E-state index contributed by atoms with van der Waals surface area (Å²) >= 11 is 3.07. The first kappa shape index (κ1) is 10.9. The zero-order valence-electron chi connectivity index (χ0n) is 8.14. The number of anilines is 1.